The maximum absolute atomic E-state index is 13.7. The Kier molecular flexibility index (Phi) is 6.18. The summed E-state index contributed by atoms with van der Waals surface area (Å²) in [5, 5.41) is 11.8. The number of nitrogens with one attached hydrogen (secondary N) is 1. The Morgan fingerprint density at radius 2 is 1.94 bits per heavy atom. The van der Waals surface area contributed by atoms with E-state index in [2.05, 4.69) is 20.0 Å². The van der Waals surface area contributed by atoms with E-state index in [1.165, 1.54) is 18.3 Å². The van der Waals surface area contributed by atoms with Crippen molar-refractivity contribution >= 4 is 23.6 Å². The number of hydrogen-bond acceptors (Lipinski definition) is 7. The van der Waals surface area contributed by atoms with E-state index in [9.17, 15) is 18.4 Å². The molecule has 1 aliphatic rings. The van der Waals surface area contributed by atoms with Crippen LogP contribution in [0.5, 0.6) is 5.88 Å². The van der Waals surface area contributed by atoms with Gasteiger partial charge in [0, 0.05) is 19.3 Å². The summed E-state index contributed by atoms with van der Waals surface area (Å²) in [4.78, 5) is 34.2. The molecule has 4 rings (SSSR count). The van der Waals surface area contributed by atoms with Crippen LogP contribution in [0.25, 0.3) is 0 Å². The minimum absolute atomic E-state index is 0.0111. The predicted octanol–water partition coefficient (Wildman–Crippen LogP) is 3.89. The highest BCUT2D eigenvalue weighted by Gasteiger charge is 2.53. The lowest BCUT2D eigenvalue weighted by molar-refractivity contribution is -0.122. The van der Waals surface area contributed by atoms with Gasteiger partial charge >= 0.3 is 12.6 Å². The molecule has 1 aliphatic heterocycles. The van der Waals surface area contributed by atoms with Crippen molar-refractivity contribution in [2.75, 3.05) is 23.3 Å². The third-order valence-corrected chi connectivity index (χ3v) is 5.66. The number of hydrogen-bond donors (Lipinski definition) is 2. The van der Waals surface area contributed by atoms with E-state index in [-0.39, 0.29) is 36.4 Å². The number of carbonyl (C=O) groups excluding carboxylic acids is 1. The van der Waals surface area contributed by atoms with Crippen LogP contribution in [0.1, 0.15) is 41.4 Å². The van der Waals surface area contributed by atoms with E-state index < -0.39 is 29.8 Å². The Balaban J connectivity index is 1.69. The highest BCUT2D eigenvalue weighted by Crippen LogP contribution is 2.42. The normalized spacial score (nSPS) is 14.7. The van der Waals surface area contributed by atoms with Crippen LogP contribution in [-0.2, 0) is 10.2 Å². The summed E-state index contributed by atoms with van der Waals surface area (Å²) in [5.41, 5.74) is 0.396. The van der Waals surface area contributed by atoms with Gasteiger partial charge in [0.05, 0.1) is 0 Å². The van der Waals surface area contributed by atoms with Crippen molar-refractivity contribution in [3.8, 4) is 5.88 Å². The molecule has 34 heavy (non-hydrogen) atoms. The molecule has 0 spiro atoms. The Morgan fingerprint density at radius 3 is 2.59 bits per heavy atom. The molecule has 2 N–H and O–H groups in total. The molecule has 3 heterocycles. The minimum atomic E-state index is -3.10. The van der Waals surface area contributed by atoms with Crippen LogP contribution in [-0.4, -0.2) is 46.7 Å². The zero-order valence-corrected chi connectivity index (χ0v) is 18.4. The second-order valence-corrected chi connectivity index (χ2v) is 8.19. The van der Waals surface area contributed by atoms with Crippen LogP contribution in [0.3, 0.4) is 0 Å². The zero-order chi connectivity index (χ0) is 24.5. The molecule has 178 valence electrons. The number of oxazole rings is 1. The average Bonchev–Trinajstić information content (AvgIpc) is 3.24. The zero-order valence-electron chi connectivity index (χ0n) is 18.4. The van der Waals surface area contributed by atoms with Crippen molar-refractivity contribution in [3.63, 3.8) is 0 Å². The Labute approximate surface area is 193 Å². The van der Waals surface area contributed by atoms with Crippen LogP contribution < -0.4 is 15.0 Å². The molecule has 0 aliphatic carbocycles. The number of pyridine rings is 1. The monoisotopic (exact) mass is 472 g/mol. The molecule has 0 atom stereocenters. The Bertz CT molecular complexity index is 1210. The van der Waals surface area contributed by atoms with Gasteiger partial charge in [0.2, 0.25) is 11.8 Å². The highest BCUT2D eigenvalue weighted by molar-refractivity contribution is 6.02. The van der Waals surface area contributed by atoms with E-state index in [0.29, 0.717) is 0 Å². The Hall–Kier alpha value is -4.02. The van der Waals surface area contributed by atoms with Gasteiger partial charge in [0.1, 0.15) is 17.4 Å². The van der Waals surface area contributed by atoms with Crippen molar-refractivity contribution in [2.24, 2.45) is 0 Å². The second kappa shape index (κ2) is 9.08. The van der Waals surface area contributed by atoms with Gasteiger partial charge in [-0.1, -0.05) is 38.1 Å². The molecular weight excluding hydrogens is 450 g/mol. The fourth-order valence-electron chi connectivity index (χ4n) is 4.03. The van der Waals surface area contributed by atoms with Gasteiger partial charge in [-0.3, -0.25) is 4.79 Å². The fraction of sp³-hybridized carbons (Fsp3) is 0.304. The molecule has 11 heteroatoms. The van der Waals surface area contributed by atoms with Gasteiger partial charge in [-0.15, -0.1) is 0 Å². The summed E-state index contributed by atoms with van der Waals surface area (Å²) >= 11 is 0. The van der Waals surface area contributed by atoms with Gasteiger partial charge in [-0.2, -0.15) is 13.8 Å². The number of carboxylic acid groups (broad SMARTS) is 1. The Morgan fingerprint density at radius 1 is 1.21 bits per heavy atom. The molecule has 1 amide bonds. The topological polar surface area (TPSA) is 118 Å². The predicted molar refractivity (Wildman–Crippen MR) is 117 cm³/mol. The van der Waals surface area contributed by atoms with Crippen LogP contribution in [0, 0.1) is 0 Å². The number of benzene rings is 1. The third-order valence-electron chi connectivity index (χ3n) is 5.66. The fourth-order valence-corrected chi connectivity index (χ4v) is 4.03. The number of aromatic nitrogens is 2. The standard InChI is InChI=1S/C23H22F2N4O5/c1-13(2)14-6-3-4-7-15(14)23(11-29(12-23)22-28-17(10-33-22)19(30)31)20(32)27-16-8-5-9-26-18(16)34-21(24)25/h3-10,13,21H,11-12H2,1-2H3,(H,27,32)(H,30,31). The maximum atomic E-state index is 13.7. The first-order chi connectivity index (χ1) is 16.2. The van der Waals surface area contributed by atoms with Gasteiger partial charge in [0.25, 0.3) is 6.01 Å². The molecule has 3 aromatic rings. The van der Waals surface area contributed by atoms with E-state index >= 15 is 0 Å². The van der Waals surface area contributed by atoms with Crippen LogP contribution in [0.15, 0.2) is 53.3 Å². The number of rotatable bonds is 8. The SMILES string of the molecule is CC(C)c1ccccc1C1(C(=O)Nc2cccnc2OC(F)F)CN(c2nc(C(=O)O)co2)C1. The molecule has 0 unspecified atom stereocenters. The van der Waals surface area contributed by atoms with E-state index in [4.69, 9.17) is 9.52 Å². The molecule has 0 radical (unpaired) electrons. The molecule has 1 saturated heterocycles. The molecule has 9 nitrogen and oxygen atoms in total. The van der Waals surface area contributed by atoms with E-state index in [0.717, 1.165) is 17.4 Å². The number of nitrogens with zero attached hydrogens (tertiary/aromatic N) is 3. The van der Waals surface area contributed by atoms with Crippen molar-refractivity contribution in [1.82, 2.24) is 9.97 Å². The minimum Gasteiger partial charge on any atom is -0.476 e. The largest absolute Gasteiger partial charge is 0.476 e. The van der Waals surface area contributed by atoms with Crippen LogP contribution in [0.2, 0.25) is 0 Å². The first-order valence-electron chi connectivity index (χ1n) is 10.5. The van der Waals surface area contributed by atoms with Crippen molar-refractivity contribution in [2.45, 2.75) is 31.8 Å². The first kappa shape index (κ1) is 23.1. The van der Waals surface area contributed by atoms with Gasteiger partial charge in [-0.25, -0.2) is 9.78 Å². The molecule has 2 aromatic heterocycles. The molecular formula is C23H22F2N4O5. The van der Waals surface area contributed by atoms with Crippen molar-refractivity contribution in [3.05, 3.63) is 65.7 Å². The smallest absolute Gasteiger partial charge is 0.388 e. The lowest BCUT2D eigenvalue weighted by Crippen LogP contribution is -2.65. The van der Waals surface area contributed by atoms with Crippen molar-refractivity contribution in [1.29, 1.82) is 0 Å². The number of carboxylic acids is 1. The van der Waals surface area contributed by atoms with Gasteiger partial charge in [0.15, 0.2) is 5.69 Å². The van der Waals surface area contributed by atoms with Crippen LogP contribution in [0.4, 0.5) is 20.5 Å². The summed E-state index contributed by atoms with van der Waals surface area (Å²) < 4.78 is 35.4. The summed E-state index contributed by atoms with van der Waals surface area (Å²) in [5.74, 6) is -1.97. The van der Waals surface area contributed by atoms with E-state index in [1.807, 2.05) is 38.1 Å². The molecule has 0 saturated carbocycles. The number of anilines is 2. The van der Waals surface area contributed by atoms with E-state index in [1.54, 1.807) is 4.90 Å². The number of halogens is 2. The number of ether oxygens (including phenoxy) is 1. The van der Waals surface area contributed by atoms with Gasteiger partial charge in [-0.05, 0) is 29.2 Å². The number of amides is 1. The number of aromatic carboxylic acids is 1. The highest BCUT2D eigenvalue weighted by atomic mass is 19.3. The maximum Gasteiger partial charge on any atom is 0.388 e. The number of alkyl halides is 2. The van der Waals surface area contributed by atoms with Crippen molar-refractivity contribution < 1.29 is 32.6 Å². The third kappa shape index (κ3) is 4.28. The summed E-state index contributed by atoms with van der Waals surface area (Å²) in [6.45, 7) is 1.17. The van der Waals surface area contributed by atoms with Gasteiger partial charge < -0.3 is 24.5 Å². The molecule has 0 bridgehead atoms. The summed E-state index contributed by atoms with van der Waals surface area (Å²) in [6.07, 6.45) is 2.31. The average molecular weight is 472 g/mol. The molecule has 1 aromatic carbocycles. The first-order valence-corrected chi connectivity index (χ1v) is 10.5. The second-order valence-electron chi connectivity index (χ2n) is 8.19. The lowest BCUT2D eigenvalue weighted by Gasteiger charge is -2.49. The van der Waals surface area contributed by atoms with Crippen LogP contribution >= 0.6 is 0 Å². The number of carbonyl (C=O) groups is 2. The summed E-state index contributed by atoms with van der Waals surface area (Å²) in [6, 6.07) is 10.5. The summed E-state index contributed by atoms with van der Waals surface area (Å²) in [7, 11) is 0. The lowest BCUT2D eigenvalue weighted by atomic mass is 9.70. The molecule has 1 fully saturated rings. The quantitative estimate of drug-likeness (QED) is 0.507.